The zero-order chi connectivity index (χ0) is 18.9. The van der Waals surface area contributed by atoms with Gasteiger partial charge in [-0.2, -0.15) is 4.31 Å². The number of benzene rings is 2. The van der Waals surface area contributed by atoms with Gasteiger partial charge in [0.1, 0.15) is 6.10 Å². The van der Waals surface area contributed by atoms with E-state index in [-0.39, 0.29) is 4.90 Å². The molecule has 1 aliphatic carbocycles. The Kier molecular flexibility index (Phi) is 4.98. The number of rotatable bonds is 4. The summed E-state index contributed by atoms with van der Waals surface area (Å²) in [5.74, 6) is -0.454. The van der Waals surface area contributed by atoms with Gasteiger partial charge in [-0.05, 0) is 36.3 Å². The zero-order valence-electron chi connectivity index (χ0n) is 14.9. The van der Waals surface area contributed by atoms with E-state index in [2.05, 4.69) is 0 Å². The molecule has 0 aliphatic heterocycles. The monoisotopic (exact) mass is 371 g/mol. The van der Waals surface area contributed by atoms with Gasteiger partial charge in [0.15, 0.2) is 0 Å². The van der Waals surface area contributed by atoms with Crippen LogP contribution in [0.15, 0.2) is 59.5 Å². The Balaban J connectivity index is 2.06. The molecule has 1 aliphatic rings. The summed E-state index contributed by atoms with van der Waals surface area (Å²) in [6.07, 6.45) is 2.90. The van der Waals surface area contributed by atoms with Crippen LogP contribution in [0.3, 0.4) is 0 Å². The van der Waals surface area contributed by atoms with Gasteiger partial charge in [0.25, 0.3) is 0 Å². The van der Waals surface area contributed by atoms with E-state index in [0.717, 1.165) is 16.7 Å². The van der Waals surface area contributed by atoms with Crippen LogP contribution in [0.5, 0.6) is 0 Å². The number of hydrogen-bond acceptors (Lipinski definition) is 4. The summed E-state index contributed by atoms with van der Waals surface area (Å²) in [6.45, 7) is 3.22. The fourth-order valence-corrected chi connectivity index (χ4v) is 4.48. The predicted molar refractivity (Wildman–Crippen MR) is 99.9 cm³/mol. The minimum absolute atomic E-state index is 0.208. The van der Waals surface area contributed by atoms with Gasteiger partial charge in [0.2, 0.25) is 10.0 Å². The molecule has 0 spiro atoms. The summed E-state index contributed by atoms with van der Waals surface area (Å²) in [7, 11) is -2.24. The van der Waals surface area contributed by atoms with E-state index in [0.29, 0.717) is 0 Å². The molecule has 0 heterocycles. The SMILES string of the molecule is CC(=O)O[C@H]1C=Cc2ccccc2[C@H]1N(C)S(=O)(=O)c1ccc(C)cc1. The Bertz CT molecular complexity index is 948. The molecule has 0 N–H and O–H groups in total. The summed E-state index contributed by atoms with van der Waals surface area (Å²) in [6, 6.07) is 13.6. The summed E-state index contributed by atoms with van der Waals surface area (Å²) in [5, 5.41) is 0. The quantitative estimate of drug-likeness (QED) is 0.774. The molecule has 2 aromatic carbocycles. The van der Waals surface area contributed by atoms with Gasteiger partial charge in [-0.1, -0.05) is 48.0 Å². The van der Waals surface area contributed by atoms with Crippen molar-refractivity contribution in [3.05, 3.63) is 71.3 Å². The van der Waals surface area contributed by atoms with Crippen LogP contribution in [-0.2, 0) is 19.6 Å². The van der Waals surface area contributed by atoms with Crippen molar-refractivity contribution in [2.24, 2.45) is 0 Å². The Hall–Kier alpha value is -2.44. The second kappa shape index (κ2) is 7.05. The number of carbonyl (C=O) groups excluding carboxylic acids is 1. The van der Waals surface area contributed by atoms with Crippen molar-refractivity contribution < 1.29 is 17.9 Å². The Labute approximate surface area is 154 Å². The number of esters is 1. The summed E-state index contributed by atoms with van der Waals surface area (Å²) >= 11 is 0. The maximum absolute atomic E-state index is 13.1. The number of likely N-dealkylation sites (N-methyl/N-ethyl adjacent to an activating group) is 1. The number of hydrogen-bond donors (Lipinski definition) is 0. The number of carbonyl (C=O) groups is 1. The minimum Gasteiger partial charge on any atom is -0.456 e. The molecule has 6 heteroatoms. The number of nitrogens with zero attached hydrogens (tertiary/aromatic N) is 1. The van der Waals surface area contributed by atoms with E-state index in [1.165, 1.54) is 18.3 Å². The fraction of sp³-hybridized carbons (Fsp3) is 0.250. The number of aryl methyl sites for hydroxylation is 1. The number of sulfonamides is 1. The molecule has 0 aromatic heterocycles. The number of fused-ring (bicyclic) bond motifs is 1. The lowest BCUT2D eigenvalue weighted by atomic mass is 9.91. The average molecular weight is 371 g/mol. The Morgan fingerprint density at radius 1 is 1.08 bits per heavy atom. The van der Waals surface area contributed by atoms with Crippen molar-refractivity contribution in [2.75, 3.05) is 7.05 Å². The van der Waals surface area contributed by atoms with Crippen molar-refractivity contribution in [1.29, 1.82) is 0 Å². The first-order valence-electron chi connectivity index (χ1n) is 8.30. The largest absolute Gasteiger partial charge is 0.456 e. The van der Waals surface area contributed by atoms with E-state index in [1.807, 2.05) is 37.3 Å². The molecule has 0 bridgehead atoms. The smallest absolute Gasteiger partial charge is 0.303 e. The third-order valence-electron chi connectivity index (χ3n) is 4.48. The maximum Gasteiger partial charge on any atom is 0.303 e. The second-order valence-corrected chi connectivity index (χ2v) is 8.34. The Morgan fingerprint density at radius 2 is 1.73 bits per heavy atom. The molecule has 2 aromatic rings. The minimum atomic E-state index is -3.76. The third-order valence-corrected chi connectivity index (χ3v) is 6.34. The van der Waals surface area contributed by atoms with Gasteiger partial charge in [0.05, 0.1) is 10.9 Å². The summed E-state index contributed by atoms with van der Waals surface area (Å²) in [4.78, 5) is 11.7. The van der Waals surface area contributed by atoms with Crippen LogP contribution in [-0.4, -0.2) is 31.8 Å². The molecule has 3 rings (SSSR count). The molecule has 0 saturated carbocycles. The van der Waals surface area contributed by atoms with E-state index >= 15 is 0 Å². The van der Waals surface area contributed by atoms with Crippen molar-refractivity contribution in [3.63, 3.8) is 0 Å². The molecule has 0 fully saturated rings. The van der Waals surface area contributed by atoms with Gasteiger partial charge in [-0.3, -0.25) is 4.79 Å². The molecule has 26 heavy (non-hydrogen) atoms. The van der Waals surface area contributed by atoms with Crippen LogP contribution in [0.1, 0.15) is 29.7 Å². The van der Waals surface area contributed by atoms with Crippen molar-refractivity contribution >= 4 is 22.1 Å². The highest BCUT2D eigenvalue weighted by atomic mass is 32.2. The van der Waals surface area contributed by atoms with Crippen molar-refractivity contribution in [2.45, 2.75) is 30.9 Å². The predicted octanol–water partition coefficient (Wildman–Crippen LogP) is 3.32. The number of ether oxygens (including phenoxy) is 1. The maximum atomic E-state index is 13.1. The molecule has 0 amide bonds. The average Bonchev–Trinajstić information content (AvgIpc) is 2.61. The molecule has 0 saturated heterocycles. The summed E-state index contributed by atoms with van der Waals surface area (Å²) in [5.41, 5.74) is 2.70. The van der Waals surface area contributed by atoms with Crippen LogP contribution in [0.4, 0.5) is 0 Å². The normalized spacial score (nSPS) is 19.2. The topological polar surface area (TPSA) is 63.7 Å². The zero-order valence-corrected chi connectivity index (χ0v) is 15.7. The van der Waals surface area contributed by atoms with Gasteiger partial charge >= 0.3 is 5.97 Å². The lowest BCUT2D eigenvalue weighted by molar-refractivity contribution is -0.146. The molecular weight excluding hydrogens is 350 g/mol. The fourth-order valence-electron chi connectivity index (χ4n) is 3.14. The molecular formula is C20H21NO4S. The third kappa shape index (κ3) is 3.43. The van der Waals surface area contributed by atoms with E-state index in [4.69, 9.17) is 4.74 Å². The van der Waals surface area contributed by atoms with Crippen molar-refractivity contribution in [1.82, 2.24) is 4.31 Å². The van der Waals surface area contributed by atoms with E-state index in [1.54, 1.807) is 30.3 Å². The first kappa shape index (κ1) is 18.4. The van der Waals surface area contributed by atoms with Crippen LogP contribution < -0.4 is 0 Å². The van der Waals surface area contributed by atoms with E-state index in [9.17, 15) is 13.2 Å². The van der Waals surface area contributed by atoms with Crippen molar-refractivity contribution in [3.8, 4) is 0 Å². The van der Waals surface area contributed by atoms with Gasteiger partial charge in [0, 0.05) is 14.0 Å². The highest BCUT2D eigenvalue weighted by molar-refractivity contribution is 7.89. The highest BCUT2D eigenvalue weighted by Gasteiger charge is 2.37. The molecule has 5 nitrogen and oxygen atoms in total. The first-order chi connectivity index (χ1) is 12.3. The molecule has 0 unspecified atom stereocenters. The van der Waals surface area contributed by atoms with Crippen LogP contribution >= 0.6 is 0 Å². The van der Waals surface area contributed by atoms with E-state index < -0.39 is 28.1 Å². The lowest BCUT2D eigenvalue weighted by Crippen LogP contribution is -2.40. The van der Waals surface area contributed by atoms with Crippen LogP contribution in [0.25, 0.3) is 6.08 Å². The standard InChI is InChI=1S/C20H21NO4S/c1-14-8-11-17(12-9-14)26(23,24)21(3)20-18-7-5-4-6-16(18)10-13-19(20)25-15(2)22/h4-13,19-20H,1-3H3/t19-,20+/m0/s1. The van der Waals surface area contributed by atoms with Gasteiger partial charge in [-0.15, -0.1) is 0 Å². The first-order valence-corrected chi connectivity index (χ1v) is 9.74. The Morgan fingerprint density at radius 3 is 2.38 bits per heavy atom. The molecule has 0 radical (unpaired) electrons. The van der Waals surface area contributed by atoms with Gasteiger partial charge < -0.3 is 4.74 Å². The van der Waals surface area contributed by atoms with Crippen LogP contribution in [0.2, 0.25) is 0 Å². The molecule has 136 valence electrons. The lowest BCUT2D eigenvalue weighted by Gasteiger charge is -2.35. The van der Waals surface area contributed by atoms with Crippen LogP contribution in [0, 0.1) is 6.92 Å². The molecule has 2 atom stereocenters. The second-order valence-electron chi connectivity index (χ2n) is 6.34. The highest BCUT2D eigenvalue weighted by Crippen LogP contribution is 2.36. The van der Waals surface area contributed by atoms with Gasteiger partial charge in [-0.25, -0.2) is 8.42 Å². The summed E-state index contributed by atoms with van der Waals surface area (Å²) < 4.78 is 33.0.